The van der Waals surface area contributed by atoms with Crippen LogP contribution in [0.3, 0.4) is 0 Å². The van der Waals surface area contributed by atoms with E-state index in [1.807, 2.05) is 0 Å². The summed E-state index contributed by atoms with van der Waals surface area (Å²) in [4.78, 5) is 11.4. The van der Waals surface area contributed by atoms with E-state index in [4.69, 9.17) is 28.3 Å². The zero-order chi connectivity index (χ0) is 12.1. The van der Waals surface area contributed by atoms with E-state index in [0.29, 0.717) is 22.2 Å². The van der Waals surface area contributed by atoms with Crippen molar-refractivity contribution in [3.63, 3.8) is 0 Å². The molecule has 0 aliphatic carbocycles. The van der Waals surface area contributed by atoms with Gasteiger partial charge in [0.2, 0.25) is 5.91 Å². The molecule has 0 radical (unpaired) electrons. The van der Waals surface area contributed by atoms with E-state index >= 15 is 0 Å². The largest absolute Gasteiger partial charge is 0.396 e. The van der Waals surface area contributed by atoms with Gasteiger partial charge in [-0.1, -0.05) is 39.1 Å². The molecule has 0 spiro atoms. The molecule has 1 amide bonds. The number of rotatable bonds is 4. The summed E-state index contributed by atoms with van der Waals surface area (Å²) in [6, 6.07) is 3.30. The number of carbonyl (C=O) groups excluding carboxylic acids is 1. The monoisotopic (exact) mass is 325 g/mol. The summed E-state index contributed by atoms with van der Waals surface area (Å²) in [5, 5.41) is 11.9. The Labute approximate surface area is 112 Å². The summed E-state index contributed by atoms with van der Waals surface area (Å²) < 4.78 is 0.746. The predicted molar refractivity (Wildman–Crippen MR) is 69.1 cm³/mol. The molecule has 16 heavy (non-hydrogen) atoms. The third kappa shape index (κ3) is 3.94. The molecule has 1 rings (SSSR count). The van der Waals surface area contributed by atoms with Crippen LogP contribution in [-0.2, 0) is 4.79 Å². The number of amides is 1. The number of carbonyl (C=O) groups is 1. The fraction of sp³-hybridized carbons (Fsp3) is 0.300. The first-order valence-electron chi connectivity index (χ1n) is 4.60. The average molecular weight is 327 g/mol. The fourth-order valence-corrected chi connectivity index (χ4v) is 2.41. The van der Waals surface area contributed by atoms with Gasteiger partial charge in [-0.2, -0.15) is 0 Å². The van der Waals surface area contributed by atoms with Gasteiger partial charge in [-0.15, -0.1) is 0 Å². The van der Waals surface area contributed by atoms with Crippen LogP contribution >= 0.6 is 39.1 Å². The van der Waals surface area contributed by atoms with Crippen LogP contribution in [0.1, 0.15) is 12.8 Å². The van der Waals surface area contributed by atoms with Crippen molar-refractivity contribution >= 4 is 50.7 Å². The highest BCUT2D eigenvalue weighted by atomic mass is 79.9. The number of aliphatic hydroxyl groups is 1. The van der Waals surface area contributed by atoms with Gasteiger partial charge in [0.05, 0.1) is 15.7 Å². The lowest BCUT2D eigenvalue weighted by Crippen LogP contribution is -2.12. The van der Waals surface area contributed by atoms with E-state index in [-0.39, 0.29) is 18.9 Å². The third-order valence-corrected chi connectivity index (χ3v) is 2.89. The average Bonchev–Trinajstić information content (AvgIpc) is 2.20. The molecule has 1 aromatic rings. The minimum atomic E-state index is -0.222. The second kappa shape index (κ2) is 6.45. The molecule has 0 bridgehead atoms. The highest BCUT2D eigenvalue weighted by molar-refractivity contribution is 9.10. The quantitative estimate of drug-likeness (QED) is 0.890. The molecule has 0 aliphatic rings. The lowest BCUT2D eigenvalue weighted by molar-refractivity contribution is -0.116. The van der Waals surface area contributed by atoms with Crippen LogP contribution in [0.25, 0.3) is 0 Å². The van der Waals surface area contributed by atoms with Gasteiger partial charge in [-0.05, 0) is 18.6 Å². The normalized spacial score (nSPS) is 10.2. The van der Waals surface area contributed by atoms with Gasteiger partial charge in [0, 0.05) is 17.5 Å². The summed E-state index contributed by atoms with van der Waals surface area (Å²) in [6.45, 7) is -0.0186. The Morgan fingerprint density at radius 2 is 1.94 bits per heavy atom. The lowest BCUT2D eigenvalue weighted by Gasteiger charge is -2.09. The number of nitrogens with one attached hydrogen (secondary N) is 1. The summed E-state index contributed by atoms with van der Waals surface area (Å²) in [6.07, 6.45) is 0.650. The number of aliphatic hydroxyl groups excluding tert-OH is 1. The lowest BCUT2D eigenvalue weighted by atomic mass is 10.2. The van der Waals surface area contributed by atoms with Gasteiger partial charge in [0.15, 0.2) is 0 Å². The standard InChI is InChI=1S/C10H10BrCl2NO2/c11-6-4-7(12)10(8(13)5-6)14-9(16)2-1-3-15/h4-5,15H,1-3H2,(H,14,16). The van der Waals surface area contributed by atoms with E-state index < -0.39 is 0 Å². The maximum atomic E-state index is 11.4. The highest BCUT2D eigenvalue weighted by Crippen LogP contribution is 2.33. The number of anilines is 1. The van der Waals surface area contributed by atoms with Crippen LogP contribution in [-0.4, -0.2) is 17.6 Å². The Balaban J connectivity index is 2.77. The molecule has 0 fully saturated rings. The molecule has 0 aliphatic heterocycles. The fourth-order valence-electron chi connectivity index (χ4n) is 1.10. The van der Waals surface area contributed by atoms with Crippen molar-refractivity contribution in [2.75, 3.05) is 11.9 Å². The molecule has 0 saturated carbocycles. The van der Waals surface area contributed by atoms with Gasteiger partial charge < -0.3 is 10.4 Å². The van der Waals surface area contributed by atoms with Crippen LogP contribution in [0.5, 0.6) is 0 Å². The van der Waals surface area contributed by atoms with Crippen molar-refractivity contribution in [3.05, 3.63) is 26.7 Å². The highest BCUT2D eigenvalue weighted by Gasteiger charge is 2.10. The summed E-state index contributed by atoms with van der Waals surface area (Å²) in [5.74, 6) is -0.222. The third-order valence-electron chi connectivity index (χ3n) is 1.83. The van der Waals surface area contributed by atoms with Crippen LogP contribution in [0.4, 0.5) is 5.69 Å². The van der Waals surface area contributed by atoms with Gasteiger partial charge in [-0.25, -0.2) is 0 Å². The van der Waals surface area contributed by atoms with Gasteiger partial charge >= 0.3 is 0 Å². The van der Waals surface area contributed by atoms with Crippen molar-refractivity contribution in [1.82, 2.24) is 0 Å². The molecule has 0 aromatic heterocycles. The zero-order valence-corrected chi connectivity index (χ0v) is 11.4. The zero-order valence-electron chi connectivity index (χ0n) is 8.27. The van der Waals surface area contributed by atoms with Crippen molar-refractivity contribution < 1.29 is 9.90 Å². The number of hydrogen-bond acceptors (Lipinski definition) is 2. The second-order valence-corrected chi connectivity index (χ2v) is 4.85. The van der Waals surface area contributed by atoms with E-state index in [2.05, 4.69) is 21.2 Å². The first kappa shape index (κ1) is 13.8. The first-order valence-corrected chi connectivity index (χ1v) is 6.14. The molecule has 3 nitrogen and oxygen atoms in total. The van der Waals surface area contributed by atoms with E-state index in [1.54, 1.807) is 12.1 Å². The maximum Gasteiger partial charge on any atom is 0.224 e. The minimum absolute atomic E-state index is 0.0186. The van der Waals surface area contributed by atoms with Crippen molar-refractivity contribution in [3.8, 4) is 0 Å². The van der Waals surface area contributed by atoms with Gasteiger partial charge in [-0.3, -0.25) is 4.79 Å². The maximum absolute atomic E-state index is 11.4. The topological polar surface area (TPSA) is 49.3 Å². The number of hydrogen-bond donors (Lipinski definition) is 2. The Kier molecular flexibility index (Phi) is 5.55. The van der Waals surface area contributed by atoms with Crippen LogP contribution in [0, 0.1) is 0 Å². The van der Waals surface area contributed by atoms with Crippen molar-refractivity contribution in [1.29, 1.82) is 0 Å². The molecular weight excluding hydrogens is 317 g/mol. The number of benzene rings is 1. The Hall–Kier alpha value is -0.290. The minimum Gasteiger partial charge on any atom is -0.396 e. The SMILES string of the molecule is O=C(CCCO)Nc1c(Cl)cc(Br)cc1Cl. The molecule has 2 N–H and O–H groups in total. The summed E-state index contributed by atoms with van der Waals surface area (Å²) in [7, 11) is 0. The second-order valence-electron chi connectivity index (χ2n) is 3.12. The van der Waals surface area contributed by atoms with E-state index in [9.17, 15) is 4.79 Å². The van der Waals surface area contributed by atoms with Crippen LogP contribution < -0.4 is 5.32 Å². The molecular formula is C10H10BrCl2NO2. The molecule has 0 saturated heterocycles. The molecule has 0 heterocycles. The summed E-state index contributed by atoms with van der Waals surface area (Å²) in [5.41, 5.74) is 0.398. The van der Waals surface area contributed by atoms with Crippen LogP contribution in [0.15, 0.2) is 16.6 Å². The molecule has 0 atom stereocenters. The van der Waals surface area contributed by atoms with Crippen molar-refractivity contribution in [2.24, 2.45) is 0 Å². The Morgan fingerprint density at radius 3 is 2.44 bits per heavy atom. The van der Waals surface area contributed by atoms with E-state index in [0.717, 1.165) is 4.47 Å². The Bertz CT molecular complexity index is 375. The first-order chi connectivity index (χ1) is 7.54. The van der Waals surface area contributed by atoms with Gasteiger partial charge in [0.1, 0.15) is 0 Å². The summed E-state index contributed by atoms with van der Waals surface area (Å²) >= 11 is 15.1. The smallest absolute Gasteiger partial charge is 0.224 e. The molecule has 88 valence electrons. The molecule has 0 unspecified atom stereocenters. The number of halogens is 3. The van der Waals surface area contributed by atoms with Crippen molar-refractivity contribution in [2.45, 2.75) is 12.8 Å². The molecule has 6 heteroatoms. The predicted octanol–water partition coefficient (Wildman–Crippen LogP) is 3.47. The Morgan fingerprint density at radius 1 is 1.38 bits per heavy atom. The molecule has 1 aromatic carbocycles. The van der Waals surface area contributed by atoms with E-state index in [1.165, 1.54) is 0 Å². The van der Waals surface area contributed by atoms with Gasteiger partial charge in [0.25, 0.3) is 0 Å². The van der Waals surface area contributed by atoms with Crippen LogP contribution in [0.2, 0.25) is 10.0 Å².